The fraction of sp³-hybridized carbons (Fsp3) is 0.154. The Hall–Kier alpha value is -0.541. The van der Waals surface area contributed by atoms with Crippen molar-refractivity contribution in [2.45, 2.75) is 9.88 Å². The van der Waals surface area contributed by atoms with Gasteiger partial charge in [0.05, 0.1) is 0 Å². The molecule has 1 heterocycles. The molecule has 0 aliphatic carbocycles. The van der Waals surface area contributed by atoms with Gasteiger partial charge in [0.1, 0.15) is 0 Å². The van der Waals surface area contributed by atoms with Crippen molar-refractivity contribution in [3.8, 4) is 0 Å². The fourth-order valence-corrected chi connectivity index (χ4v) is 8.17. The second kappa shape index (κ2) is 4.76. The number of nitrogens with zero attached hydrogens (tertiary/aromatic N) is 1. The molecule has 0 saturated carbocycles. The Morgan fingerprint density at radius 3 is 2.25 bits per heavy atom. The molecule has 0 saturated heterocycles. The molecule has 3 heteroatoms. The van der Waals surface area contributed by atoms with Crippen molar-refractivity contribution < 1.29 is 0 Å². The third-order valence-corrected chi connectivity index (χ3v) is 12.7. The summed E-state index contributed by atoms with van der Waals surface area (Å²) in [6, 6.07) is 14.4. The normalized spacial score (nSPS) is 11.4. The molecule has 0 amide bonds. The molecule has 0 aliphatic heterocycles. The minimum atomic E-state index is -2.45. The Labute approximate surface area is 105 Å². The Morgan fingerprint density at radius 2 is 1.69 bits per heavy atom. The van der Waals surface area contributed by atoms with Crippen LogP contribution in [0.15, 0.2) is 48.7 Å². The topological polar surface area (TPSA) is 12.9 Å². The van der Waals surface area contributed by atoms with E-state index in [0.29, 0.717) is 0 Å². The van der Waals surface area contributed by atoms with Crippen LogP contribution in [0.3, 0.4) is 0 Å². The van der Waals surface area contributed by atoms with Crippen LogP contribution in [0.4, 0.5) is 0 Å². The van der Waals surface area contributed by atoms with Crippen LogP contribution in [0.2, 0.25) is 14.9 Å². The molecule has 2 aromatic rings. The number of aromatic nitrogens is 1. The van der Waals surface area contributed by atoms with E-state index in [-0.39, 0.29) is 0 Å². The monoisotopic (exact) mass is 339 g/mol. The van der Waals surface area contributed by atoms with Crippen molar-refractivity contribution in [1.82, 2.24) is 4.98 Å². The molecule has 2 rings (SSSR count). The zero-order valence-electron chi connectivity index (χ0n) is 9.44. The van der Waals surface area contributed by atoms with E-state index < -0.39 is 18.4 Å². The predicted octanol–water partition coefficient (Wildman–Crippen LogP) is 2.56. The third kappa shape index (κ3) is 2.41. The predicted molar refractivity (Wildman–Crippen MR) is 72.4 cm³/mol. The van der Waals surface area contributed by atoms with E-state index in [4.69, 9.17) is 11.6 Å². The van der Waals surface area contributed by atoms with Crippen LogP contribution in [-0.2, 0) is 0 Å². The molecule has 16 heavy (non-hydrogen) atoms. The maximum atomic E-state index is 5.92. The number of benzene rings is 1. The summed E-state index contributed by atoms with van der Waals surface area (Å²) in [4.78, 5) is 9.26. The van der Waals surface area contributed by atoms with Crippen LogP contribution in [0, 0.1) is 0 Å². The molecular formula is C13H14ClNSn. The van der Waals surface area contributed by atoms with Crippen LogP contribution >= 0.6 is 11.6 Å². The van der Waals surface area contributed by atoms with Gasteiger partial charge in [-0.25, -0.2) is 0 Å². The summed E-state index contributed by atoms with van der Waals surface area (Å²) in [7, 11) is 0. The Kier molecular flexibility index (Phi) is 3.55. The van der Waals surface area contributed by atoms with Gasteiger partial charge in [0, 0.05) is 0 Å². The molecule has 0 N–H and O–H groups in total. The second-order valence-electron chi connectivity index (χ2n) is 4.35. The first kappa shape index (κ1) is 11.9. The second-order valence-corrected chi connectivity index (χ2v) is 17.2. The zero-order chi connectivity index (χ0) is 11.6. The summed E-state index contributed by atoms with van der Waals surface area (Å²) >= 11 is 3.47. The van der Waals surface area contributed by atoms with Gasteiger partial charge >= 0.3 is 106 Å². The van der Waals surface area contributed by atoms with Crippen LogP contribution in [0.25, 0.3) is 0 Å². The molecule has 0 fully saturated rings. The number of rotatable bonds is 2. The number of pyridine rings is 1. The SMILES string of the molecule is [CH3][Sn]([CH3])([c]1ccc(Cl)cc1)[c]1ccccn1. The van der Waals surface area contributed by atoms with Crippen molar-refractivity contribution >= 4 is 37.3 Å². The van der Waals surface area contributed by atoms with Gasteiger partial charge in [-0.3, -0.25) is 0 Å². The van der Waals surface area contributed by atoms with Crippen LogP contribution < -0.4 is 7.29 Å². The van der Waals surface area contributed by atoms with Gasteiger partial charge in [-0.15, -0.1) is 0 Å². The molecule has 0 radical (unpaired) electrons. The van der Waals surface area contributed by atoms with Gasteiger partial charge in [0.2, 0.25) is 0 Å². The minimum absolute atomic E-state index is 0.798. The molecule has 1 aromatic carbocycles. The van der Waals surface area contributed by atoms with Crippen molar-refractivity contribution in [3.05, 3.63) is 53.7 Å². The van der Waals surface area contributed by atoms with Gasteiger partial charge in [-0.1, -0.05) is 0 Å². The van der Waals surface area contributed by atoms with Gasteiger partial charge < -0.3 is 0 Å². The average molecular weight is 338 g/mol. The van der Waals surface area contributed by atoms with Crippen molar-refractivity contribution in [3.63, 3.8) is 0 Å². The fourth-order valence-electron chi connectivity index (χ4n) is 1.75. The Morgan fingerprint density at radius 1 is 1.00 bits per heavy atom. The molecular weight excluding hydrogens is 324 g/mol. The first-order valence-corrected chi connectivity index (χ1v) is 14.2. The Bertz CT molecular complexity index is 465. The van der Waals surface area contributed by atoms with E-state index in [2.05, 4.69) is 39.1 Å². The summed E-state index contributed by atoms with van der Waals surface area (Å²) in [6.45, 7) is 0. The number of hydrogen-bond acceptors (Lipinski definition) is 1. The summed E-state index contributed by atoms with van der Waals surface area (Å²) in [5.41, 5.74) is 0. The molecule has 0 unspecified atom stereocenters. The van der Waals surface area contributed by atoms with Gasteiger partial charge in [0.15, 0.2) is 0 Å². The van der Waals surface area contributed by atoms with E-state index in [1.54, 1.807) is 0 Å². The standard InChI is InChI=1S/C6H4Cl.C5H4N.2CH3.Sn/c7-6-4-2-1-3-5-6;1-2-4-6-5-3-1;;;/h2-5H;1-4H;2*1H3;. The molecule has 0 aliphatic rings. The average Bonchev–Trinajstić information content (AvgIpc) is 2.31. The maximum absolute atomic E-state index is 5.92. The van der Waals surface area contributed by atoms with Gasteiger partial charge in [0.25, 0.3) is 0 Å². The van der Waals surface area contributed by atoms with Crippen molar-refractivity contribution in [2.75, 3.05) is 0 Å². The van der Waals surface area contributed by atoms with Crippen LogP contribution in [-0.4, -0.2) is 23.4 Å². The number of hydrogen-bond donors (Lipinski definition) is 0. The van der Waals surface area contributed by atoms with E-state index in [0.717, 1.165) is 5.02 Å². The first-order valence-electron chi connectivity index (χ1n) is 5.28. The third-order valence-electron chi connectivity index (χ3n) is 2.87. The van der Waals surface area contributed by atoms with Crippen LogP contribution in [0.5, 0.6) is 0 Å². The molecule has 0 bridgehead atoms. The molecule has 0 atom stereocenters. The zero-order valence-corrected chi connectivity index (χ0v) is 13.1. The molecule has 1 aromatic heterocycles. The number of halogens is 1. The van der Waals surface area contributed by atoms with Crippen molar-refractivity contribution in [2.24, 2.45) is 0 Å². The first-order chi connectivity index (χ1) is 7.60. The molecule has 0 spiro atoms. The molecule has 1 nitrogen and oxygen atoms in total. The van der Waals surface area contributed by atoms with E-state index in [1.807, 2.05) is 24.4 Å². The van der Waals surface area contributed by atoms with Crippen molar-refractivity contribution in [1.29, 1.82) is 0 Å². The van der Waals surface area contributed by atoms with Gasteiger partial charge in [-0.2, -0.15) is 0 Å². The van der Waals surface area contributed by atoms with Crippen LogP contribution in [0.1, 0.15) is 0 Å². The molecule has 82 valence electrons. The Balaban J connectivity index is 2.43. The van der Waals surface area contributed by atoms with E-state index in [9.17, 15) is 0 Å². The summed E-state index contributed by atoms with van der Waals surface area (Å²) in [5.74, 6) is 0. The summed E-state index contributed by atoms with van der Waals surface area (Å²) < 4.78 is 2.71. The van der Waals surface area contributed by atoms with E-state index in [1.165, 1.54) is 7.29 Å². The summed E-state index contributed by atoms with van der Waals surface area (Å²) in [5, 5.41) is 0.798. The van der Waals surface area contributed by atoms with E-state index >= 15 is 0 Å². The quantitative estimate of drug-likeness (QED) is 0.767. The van der Waals surface area contributed by atoms with Gasteiger partial charge in [-0.05, 0) is 0 Å². The summed E-state index contributed by atoms with van der Waals surface area (Å²) in [6.07, 6.45) is 1.88.